The van der Waals surface area contributed by atoms with Gasteiger partial charge in [0.05, 0.1) is 32.5 Å². The van der Waals surface area contributed by atoms with Crippen LogP contribution in [0.15, 0.2) is 24.3 Å². The SMILES string of the molecule is CCOCCc1ccccc1C(=O)N1CCOC[C@H]1CO. The Morgan fingerprint density at radius 2 is 2.29 bits per heavy atom. The van der Waals surface area contributed by atoms with Crippen molar-refractivity contribution in [3.63, 3.8) is 0 Å². The fourth-order valence-electron chi connectivity index (χ4n) is 2.50. The molecular weight excluding hydrogens is 270 g/mol. The molecule has 1 aliphatic rings. The summed E-state index contributed by atoms with van der Waals surface area (Å²) < 4.78 is 10.7. The van der Waals surface area contributed by atoms with E-state index in [4.69, 9.17) is 9.47 Å². The molecule has 0 aliphatic carbocycles. The average molecular weight is 293 g/mol. The fourth-order valence-corrected chi connectivity index (χ4v) is 2.50. The van der Waals surface area contributed by atoms with Crippen molar-refractivity contribution in [2.75, 3.05) is 39.6 Å². The minimum absolute atomic E-state index is 0.0375. The topological polar surface area (TPSA) is 59.0 Å². The minimum atomic E-state index is -0.258. The molecule has 0 saturated carbocycles. The highest BCUT2D eigenvalue weighted by Gasteiger charge is 2.28. The second-order valence-corrected chi connectivity index (χ2v) is 5.01. The van der Waals surface area contributed by atoms with Gasteiger partial charge in [0.1, 0.15) is 0 Å². The highest BCUT2D eigenvalue weighted by Crippen LogP contribution is 2.16. The van der Waals surface area contributed by atoms with Gasteiger partial charge in [-0.25, -0.2) is 0 Å². The van der Waals surface area contributed by atoms with E-state index in [2.05, 4.69) is 0 Å². The standard InChI is InChI=1S/C16H23NO4/c1-2-20-9-7-13-5-3-4-6-15(13)16(19)17-8-10-21-12-14(17)11-18/h3-6,14,18H,2,7-12H2,1H3/t14-/m1/s1. The molecule has 1 aromatic rings. The summed E-state index contributed by atoms with van der Waals surface area (Å²) in [4.78, 5) is 14.5. The summed E-state index contributed by atoms with van der Waals surface area (Å²) >= 11 is 0. The summed E-state index contributed by atoms with van der Waals surface area (Å²) in [6.07, 6.45) is 0.712. The van der Waals surface area contributed by atoms with E-state index in [1.807, 2.05) is 31.2 Å². The number of hydrogen-bond acceptors (Lipinski definition) is 4. The van der Waals surface area contributed by atoms with Crippen molar-refractivity contribution in [1.82, 2.24) is 4.90 Å². The molecular formula is C16H23NO4. The monoisotopic (exact) mass is 293 g/mol. The molecule has 1 atom stereocenters. The van der Waals surface area contributed by atoms with Gasteiger partial charge < -0.3 is 19.5 Å². The number of ether oxygens (including phenoxy) is 2. The number of aliphatic hydroxyl groups excluding tert-OH is 1. The van der Waals surface area contributed by atoms with Gasteiger partial charge in [0.25, 0.3) is 5.91 Å². The Balaban J connectivity index is 2.14. The van der Waals surface area contributed by atoms with Gasteiger partial charge in [-0.2, -0.15) is 0 Å². The lowest BCUT2D eigenvalue weighted by Crippen LogP contribution is -2.50. The van der Waals surface area contributed by atoms with E-state index in [0.29, 0.717) is 45.0 Å². The summed E-state index contributed by atoms with van der Waals surface area (Å²) in [7, 11) is 0. The maximum absolute atomic E-state index is 12.7. The molecule has 116 valence electrons. The number of carbonyl (C=O) groups excluding carboxylic acids is 1. The largest absolute Gasteiger partial charge is 0.394 e. The Labute approximate surface area is 125 Å². The predicted molar refractivity (Wildman–Crippen MR) is 79.4 cm³/mol. The number of nitrogens with zero attached hydrogens (tertiary/aromatic N) is 1. The van der Waals surface area contributed by atoms with Crippen molar-refractivity contribution in [1.29, 1.82) is 0 Å². The molecule has 1 heterocycles. The lowest BCUT2D eigenvalue weighted by molar-refractivity contribution is -0.0184. The first kappa shape index (κ1) is 15.9. The molecule has 0 unspecified atom stereocenters. The smallest absolute Gasteiger partial charge is 0.254 e. The van der Waals surface area contributed by atoms with Crippen LogP contribution >= 0.6 is 0 Å². The third kappa shape index (κ3) is 4.03. The maximum atomic E-state index is 12.7. The molecule has 5 nitrogen and oxygen atoms in total. The van der Waals surface area contributed by atoms with E-state index < -0.39 is 0 Å². The molecule has 1 aliphatic heterocycles. The molecule has 0 bridgehead atoms. The van der Waals surface area contributed by atoms with Gasteiger partial charge in [0.2, 0.25) is 0 Å². The number of amides is 1. The Morgan fingerprint density at radius 1 is 1.48 bits per heavy atom. The second kappa shape index (κ2) is 8.12. The molecule has 1 aromatic carbocycles. The van der Waals surface area contributed by atoms with Crippen LogP contribution in [0.1, 0.15) is 22.8 Å². The average Bonchev–Trinajstić information content (AvgIpc) is 2.55. The van der Waals surface area contributed by atoms with Crippen LogP contribution < -0.4 is 0 Å². The Morgan fingerprint density at radius 3 is 3.05 bits per heavy atom. The minimum Gasteiger partial charge on any atom is -0.394 e. The van der Waals surface area contributed by atoms with Crippen LogP contribution in [0.25, 0.3) is 0 Å². The van der Waals surface area contributed by atoms with Crippen molar-refractivity contribution >= 4 is 5.91 Å². The number of aliphatic hydroxyl groups is 1. The zero-order chi connectivity index (χ0) is 15.1. The molecule has 0 aromatic heterocycles. The number of carbonyl (C=O) groups is 1. The van der Waals surface area contributed by atoms with Crippen molar-refractivity contribution in [3.05, 3.63) is 35.4 Å². The number of hydrogen-bond donors (Lipinski definition) is 1. The molecule has 1 saturated heterocycles. The highest BCUT2D eigenvalue weighted by molar-refractivity contribution is 5.96. The van der Waals surface area contributed by atoms with Crippen LogP contribution in [0.5, 0.6) is 0 Å². The van der Waals surface area contributed by atoms with Gasteiger partial charge in [-0.15, -0.1) is 0 Å². The van der Waals surface area contributed by atoms with Crippen LogP contribution in [-0.2, 0) is 15.9 Å². The Hall–Kier alpha value is -1.43. The fraction of sp³-hybridized carbons (Fsp3) is 0.562. The first-order chi connectivity index (χ1) is 10.3. The normalized spacial score (nSPS) is 18.8. The van der Waals surface area contributed by atoms with Gasteiger partial charge >= 0.3 is 0 Å². The second-order valence-electron chi connectivity index (χ2n) is 5.01. The summed E-state index contributed by atoms with van der Waals surface area (Å²) in [5.74, 6) is -0.0375. The molecule has 1 amide bonds. The zero-order valence-electron chi connectivity index (χ0n) is 12.5. The van der Waals surface area contributed by atoms with Crippen molar-refractivity contribution in [3.8, 4) is 0 Å². The van der Waals surface area contributed by atoms with Crippen molar-refractivity contribution in [2.24, 2.45) is 0 Å². The predicted octanol–water partition coefficient (Wildman–Crippen LogP) is 1.10. The summed E-state index contributed by atoms with van der Waals surface area (Å²) in [5.41, 5.74) is 1.68. The van der Waals surface area contributed by atoms with Gasteiger partial charge in [0, 0.05) is 18.7 Å². The van der Waals surface area contributed by atoms with E-state index >= 15 is 0 Å². The highest BCUT2D eigenvalue weighted by atomic mass is 16.5. The first-order valence-electron chi connectivity index (χ1n) is 7.43. The van der Waals surface area contributed by atoms with E-state index in [-0.39, 0.29) is 18.6 Å². The summed E-state index contributed by atoms with van der Waals surface area (Å²) in [6.45, 7) is 4.58. The zero-order valence-corrected chi connectivity index (χ0v) is 12.5. The maximum Gasteiger partial charge on any atom is 0.254 e. The molecule has 0 spiro atoms. The van der Waals surface area contributed by atoms with Crippen molar-refractivity contribution in [2.45, 2.75) is 19.4 Å². The first-order valence-corrected chi connectivity index (χ1v) is 7.43. The molecule has 1 fully saturated rings. The van der Waals surface area contributed by atoms with Gasteiger partial charge in [-0.1, -0.05) is 18.2 Å². The van der Waals surface area contributed by atoms with Crippen molar-refractivity contribution < 1.29 is 19.4 Å². The molecule has 0 radical (unpaired) electrons. The van der Waals surface area contributed by atoms with Gasteiger partial charge in [-0.05, 0) is 25.0 Å². The number of morpholine rings is 1. The number of benzene rings is 1. The van der Waals surface area contributed by atoms with Crippen LogP contribution in [0.3, 0.4) is 0 Å². The van der Waals surface area contributed by atoms with E-state index in [0.717, 1.165) is 5.56 Å². The summed E-state index contributed by atoms with van der Waals surface area (Å²) in [5, 5.41) is 9.41. The summed E-state index contributed by atoms with van der Waals surface area (Å²) in [6, 6.07) is 7.34. The molecule has 5 heteroatoms. The van der Waals surface area contributed by atoms with Crippen LogP contribution in [0.4, 0.5) is 0 Å². The Bertz CT molecular complexity index is 463. The third-order valence-electron chi connectivity index (χ3n) is 3.67. The van der Waals surface area contributed by atoms with Crippen LogP contribution in [0.2, 0.25) is 0 Å². The Kier molecular flexibility index (Phi) is 6.17. The molecule has 2 rings (SSSR count). The van der Waals surface area contributed by atoms with E-state index in [1.165, 1.54) is 0 Å². The third-order valence-corrected chi connectivity index (χ3v) is 3.67. The molecule has 21 heavy (non-hydrogen) atoms. The lowest BCUT2D eigenvalue weighted by atomic mass is 10.0. The lowest BCUT2D eigenvalue weighted by Gasteiger charge is -2.35. The number of rotatable bonds is 6. The van der Waals surface area contributed by atoms with Crippen LogP contribution in [0, 0.1) is 0 Å². The quantitative estimate of drug-likeness (QED) is 0.798. The van der Waals surface area contributed by atoms with Gasteiger partial charge in [-0.3, -0.25) is 4.79 Å². The van der Waals surface area contributed by atoms with E-state index in [1.54, 1.807) is 4.90 Å². The van der Waals surface area contributed by atoms with E-state index in [9.17, 15) is 9.90 Å². The molecule has 1 N–H and O–H groups in total. The van der Waals surface area contributed by atoms with Gasteiger partial charge in [0.15, 0.2) is 0 Å². The van der Waals surface area contributed by atoms with Crippen LogP contribution in [-0.4, -0.2) is 61.5 Å².